The van der Waals surface area contributed by atoms with Crippen LogP contribution in [0.25, 0.3) is 0 Å². The molecule has 0 saturated carbocycles. The van der Waals surface area contributed by atoms with E-state index in [0.717, 1.165) is 0 Å². The van der Waals surface area contributed by atoms with Crippen LogP contribution in [-0.4, -0.2) is 17.5 Å². The number of carbonyl (C=O) groups is 2. The highest BCUT2D eigenvalue weighted by Crippen LogP contribution is 2.20. The zero-order valence-electron chi connectivity index (χ0n) is 14.3. The lowest BCUT2D eigenvalue weighted by Gasteiger charge is -2.20. The summed E-state index contributed by atoms with van der Waals surface area (Å²) in [7, 11) is 0. The van der Waals surface area contributed by atoms with Crippen molar-refractivity contribution in [3.8, 4) is 5.75 Å². The first-order chi connectivity index (χ1) is 10.1. The Labute approximate surface area is 132 Å². The van der Waals surface area contributed by atoms with Crippen LogP contribution in [0.5, 0.6) is 5.75 Å². The van der Waals surface area contributed by atoms with E-state index < -0.39 is 23.5 Å². The fourth-order valence-corrected chi connectivity index (χ4v) is 1.85. The molecule has 1 aromatic rings. The Bertz CT molecular complexity index is 509. The van der Waals surface area contributed by atoms with Crippen molar-refractivity contribution < 1.29 is 19.1 Å². The number of hydrogen-bond donors (Lipinski definition) is 0. The molecule has 0 saturated heterocycles. The fourth-order valence-electron chi connectivity index (χ4n) is 1.85. The first kappa shape index (κ1) is 18.2. The minimum Gasteiger partial charge on any atom is -0.460 e. The molecule has 4 heteroatoms. The van der Waals surface area contributed by atoms with E-state index >= 15 is 0 Å². The summed E-state index contributed by atoms with van der Waals surface area (Å²) >= 11 is 0. The Hall–Kier alpha value is -1.84. The second kappa shape index (κ2) is 7.43. The van der Waals surface area contributed by atoms with Gasteiger partial charge in [0, 0.05) is 0 Å². The van der Waals surface area contributed by atoms with Gasteiger partial charge in [0.25, 0.3) is 0 Å². The van der Waals surface area contributed by atoms with Gasteiger partial charge in [-0.3, -0.25) is 9.59 Å². The van der Waals surface area contributed by atoms with Crippen molar-refractivity contribution in [2.24, 2.45) is 5.92 Å². The average molecular weight is 306 g/mol. The quantitative estimate of drug-likeness (QED) is 0.607. The maximum atomic E-state index is 12.0. The number of ether oxygens (including phenoxy) is 2. The monoisotopic (exact) mass is 306 g/mol. The molecule has 1 unspecified atom stereocenters. The lowest BCUT2D eigenvalue weighted by atomic mass is 10.0. The standard InChI is InChI=1S/C18H26O4/c1-12(2)14-7-9-15(10-8-14)21-17(20)13(3)11-16(19)22-18(4,5)6/h7-10,12-13H,11H2,1-6H3. The van der Waals surface area contributed by atoms with Crippen LogP contribution in [0.15, 0.2) is 24.3 Å². The molecule has 4 nitrogen and oxygen atoms in total. The molecule has 1 atom stereocenters. The maximum Gasteiger partial charge on any atom is 0.314 e. The van der Waals surface area contributed by atoms with Gasteiger partial charge in [-0.05, 0) is 44.4 Å². The first-order valence-electron chi connectivity index (χ1n) is 7.62. The molecular weight excluding hydrogens is 280 g/mol. The summed E-state index contributed by atoms with van der Waals surface area (Å²) < 4.78 is 10.5. The van der Waals surface area contributed by atoms with Gasteiger partial charge in [-0.15, -0.1) is 0 Å². The normalized spacial score (nSPS) is 12.9. The molecule has 0 amide bonds. The number of carbonyl (C=O) groups excluding carboxylic acids is 2. The van der Waals surface area contributed by atoms with E-state index in [1.165, 1.54) is 5.56 Å². The molecule has 0 aromatic heterocycles. The molecule has 1 rings (SSSR count). The Balaban J connectivity index is 2.55. The van der Waals surface area contributed by atoms with Crippen molar-refractivity contribution in [1.29, 1.82) is 0 Å². The summed E-state index contributed by atoms with van der Waals surface area (Å²) in [5.41, 5.74) is 0.634. The minimum absolute atomic E-state index is 0.0141. The van der Waals surface area contributed by atoms with E-state index in [9.17, 15) is 9.59 Å². The van der Waals surface area contributed by atoms with E-state index in [-0.39, 0.29) is 6.42 Å². The van der Waals surface area contributed by atoms with Gasteiger partial charge < -0.3 is 9.47 Å². The van der Waals surface area contributed by atoms with Crippen molar-refractivity contribution in [2.75, 3.05) is 0 Å². The third-order valence-corrected chi connectivity index (χ3v) is 3.06. The highest BCUT2D eigenvalue weighted by Gasteiger charge is 2.23. The first-order valence-corrected chi connectivity index (χ1v) is 7.62. The van der Waals surface area contributed by atoms with E-state index in [1.807, 2.05) is 12.1 Å². The zero-order chi connectivity index (χ0) is 16.9. The predicted molar refractivity (Wildman–Crippen MR) is 85.8 cm³/mol. The molecule has 0 heterocycles. The van der Waals surface area contributed by atoms with E-state index in [2.05, 4.69) is 13.8 Å². The predicted octanol–water partition coefficient (Wildman–Crippen LogP) is 4.08. The van der Waals surface area contributed by atoms with Gasteiger partial charge in [-0.1, -0.05) is 32.9 Å². The van der Waals surface area contributed by atoms with Crippen LogP contribution in [0.4, 0.5) is 0 Å². The van der Waals surface area contributed by atoms with Crippen LogP contribution in [0, 0.1) is 5.92 Å². The Morgan fingerprint density at radius 3 is 2.05 bits per heavy atom. The van der Waals surface area contributed by atoms with Gasteiger partial charge in [-0.25, -0.2) is 0 Å². The topological polar surface area (TPSA) is 52.6 Å². The van der Waals surface area contributed by atoms with Gasteiger partial charge in [0.1, 0.15) is 11.4 Å². The third-order valence-electron chi connectivity index (χ3n) is 3.06. The summed E-state index contributed by atoms with van der Waals surface area (Å²) in [6, 6.07) is 7.42. The van der Waals surface area contributed by atoms with Crippen LogP contribution in [0.1, 0.15) is 59.4 Å². The number of benzene rings is 1. The molecule has 0 bridgehead atoms. The largest absolute Gasteiger partial charge is 0.460 e. The molecular formula is C18H26O4. The molecule has 22 heavy (non-hydrogen) atoms. The number of hydrogen-bond acceptors (Lipinski definition) is 4. The summed E-state index contributed by atoms with van der Waals surface area (Å²) in [6.45, 7) is 11.3. The summed E-state index contributed by atoms with van der Waals surface area (Å²) in [6.07, 6.45) is 0.0141. The van der Waals surface area contributed by atoms with Crippen LogP contribution >= 0.6 is 0 Å². The average Bonchev–Trinajstić information content (AvgIpc) is 2.36. The van der Waals surface area contributed by atoms with Crippen molar-refractivity contribution >= 4 is 11.9 Å². The van der Waals surface area contributed by atoms with Crippen molar-refractivity contribution in [3.63, 3.8) is 0 Å². The Kier molecular flexibility index (Phi) is 6.15. The summed E-state index contributed by atoms with van der Waals surface area (Å²) in [5, 5.41) is 0. The fraction of sp³-hybridized carbons (Fsp3) is 0.556. The van der Waals surface area contributed by atoms with Crippen molar-refractivity contribution in [1.82, 2.24) is 0 Å². The second-order valence-electron chi connectivity index (χ2n) is 6.84. The second-order valence-corrected chi connectivity index (χ2v) is 6.84. The minimum atomic E-state index is -0.548. The van der Waals surface area contributed by atoms with E-state index in [1.54, 1.807) is 39.8 Å². The van der Waals surface area contributed by atoms with Gasteiger partial charge in [0.15, 0.2) is 0 Å². The molecule has 0 radical (unpaired) electrons. The molecule has 0 spiro atoms. The molecule has 122 valence electrons. The SMILES string of the molecule is CC(CC(=O)OC(C)(C)C)C(=O)Oc1ccc(C(C)C)cc1. The van der Waals surface area contributed by atoms with Gasteiger partial charge in [-0.2, -0.15) is 0 Å². The number of rotatable bonds is 5. The Morgan fingerprint density at radius 1 is 1.05 bits per heavy atom. The van der Waals surface area contributed by atoms with Crippen LogP contribution in [-0.2, 0) is 14.3 Å². The lowest BCUT2D eigenvalue weighted by molar-refractivity contribution is -0.158. The van der Waals surface area contributed by atoms with E-state index in [0.29, 0.717) is 11.7 Å². The smallest absolute Gasteiger partial charge is 0.314 e. The van der Waals surface area contributed by atoms with Gasteiger partial charge in [0.2, 0.25) is 0 Å². The maximum absolute atomic E-state index is 12.0. The molecule has 0 fully saturated rings. The van der Waals surface area contributed by atoms with Crippen molar-refractivity contribution in [2.45, 2.75) is 59.5 Å². The highest BCUT2D eigenvalue weighted by molar-refractivity contribution is 5.81. The molecule has 1 aromatic carbocycles. The molecule has 0 aliphatic heterocycles. The highest BCUT2D eigenvalue weighted by atomic mass is 16.6. The molecule has 0 N–H and O–H groups in total. The molecule has 0 aliphatic rings. The zero-order valence-corrected chi connectivity index (χ0v) is 14.3. The van der Waals surface area contributed by atoms with Gasteiger partial charge in [0.05, 0.1) is 12.3 Å². The van der Waals surface area contributed by atoms with E-state index in [4.69, 9.17) is 9.47 Å². The third kappa shape index (κ3) is 6.29. The summed E-state index contributed by atoms with van der Waals surface area (Å²) in [4.78, 5) is 23.7. The van der Waals surface area contributed by atoms with Crippen LogP contribution < -0.4 is 4.74 Å². The Morgan fingerprint density at radius 2 is 1.59 bits per heavy atom. The van der Waals surface area contributed by atoms with Crippen molar-refractivity contribution in [3.05, 3.63) is 29.8 Å². The number of esters is 2. The van der Waals surface area contributed by atoms with Gasteiger partial charge >= 0.3 is 11.9 Å². The lowest BCUT2D eigenvalue weighted by Crippen LogP contribution is -2.27. The van der Waals surface area contributed by atoms with Crippen LogP contribution in [0.2, 0.25) is 0 Å². The summed E-state index contributed by atoms with van der Waals surface area (Å²) in [5.74, 6) is -0.448. The molecule has 0 aliphatic carbocycles. The van der Waals surface area contributed by atoms with Crippen LogP contribution in [0.3, 0.4) is 0 Å².